The van der Waals surface area contributed by atoms with Crippen LogP contribution in [0.15, 0.2) is 42.5 Å². The first-order valence-electron chi connectivity index (χ1n) is 7.30. The maximum Gasteiger partial charge on any atom is 0.254 e. The molecule has 2 aromatic carbocycles. The molecule has 2 aromatic rings. The predicted octanol–water partition coefficient (Wildman–Crippen LogP) is 4.09. The highest BCUT2D eigenvalue weighted by molar-refractivity contribution is 6.39. The van der Waals surface area contributed by atoms with Crippen LogP contribution in [0.2, 0.25) is 10.0 Å². The number of amides is 1. The van der Waals surface area contributed by atoms with Crippen LogP contribution in [0.1, 0.15) is 10.4 Å². The molecule has 23 heavy (non-hydrogen) atoms. The summed E-state index contributed by atoms with van der Waals surface area (Å²) in [6, 6.07) is 11.2. The molecule has 0 aliphatic carbocycles. The summed E-state index contributed by atoms with van der Waals surface area (Å²) >= 11 is 12.5. The molecule has 3 rings (SSSR count). The fourth-order valence-electron chi connectivity index (χ4n) is 2.73. The van der Waals surface area contributed by atoms with Crippen LogP contribution < -0.4 is 4.90 Å². The smallest absolute Gasteiger partial charge is 0.254 e. The maximum atomic E-state index is 13.3. The summed E-state index contributed by atoms with van der Waals surface area (Å²) in [5.41, 5.74) is 1.17. The number of carbonyl (C=O) groups is 1. The molecule has 0 saturated carbocycles. The molecule has 1 aliphatic rings. The number of rotatable bonds is 2. The molecular formula is C17H15Cl2FN2O. The molecule has 6 heteroatoms. The van der Waals surface area contributed by atoms with Crippen LogP contribution in [-0.4, -0.2) is 37.0 Å². The van der Waals surface area contributed by atoms with Crippen LogP contribution >= 0.6 is 23.2 Å². The molecule has 0 bridgehead atoms. The van der Waals surface area contributed by atoms with Crippen molar-refractivity contribution in [3.63, 3.8) is 0 Å². The van der Waals surface area contributed by atoms with Gasteiger partial charge in [0.2, 0.25) is 0 Å². The second kappa shape index (κ2) is 6.77. The van der Waals surface area contributed by atoms with Gasteiger partial charge in [-0.3, -0.25) is 4.79 Å². The van der Waals surface area contributed by atoms with Gasteiger partial charge in [-0.15, -0.1) is 0 Å². The number of anilines is 1. The summed E-state index contributed by atoms with van der Waals surface area (Å²) in [5.74, 6) is -0.563. The normalized spacial score (nSPS) is 14.9. The Labute approximate surface area is 144 Å². The van der Waals surface area contributed by atoms with Crippen molar-refractivity contribution >= 4 is 34.8 Å². The summed E-state index contributed by atoms with van der Waals surface area (Å²) in [4.78, 5) is 16.2. The number of halogens is 3. The summed E-state index contributed by atoms with van der Waals surface area (Å²) in [6.45, 7) is 2.34. The Balaban J connectivity index is 1.70. The van der Waals surface area contributed by atoms with E-state index in [2.05, 4.69) is 4.90 Å². The van der Waals surface area contributed by atoms with Crippen molar-refractivity contribution in [2.24, 2.45) is 0 Å². The second-order valence-corrected chi connectivity index (χ2v) is 6.17. The van der Waals surface area contributed by atoms with Gasteiger partial charge < -0.3 is 9.80 Å². The number of benzene rings is 2. The molecule has 0 unspecified atom stereocenters. The highest BCUT2D eigenvalue weighted by Gasteiger charge is 2.24. The third kappa shape index (κ3) is 3.43. The van der Waals surface area contributed by atoms with E-state index in [1.165, 1.54) is 12.1 Å². The van der Waals surface area contributed by atoms with Gasteiger partial charge in [0.15, 0.2) is 0 Å². The molecule has 1 fully saturated rings. The zero-order chi connectivity index (χ0) is 16.4. The highest BCUT2D eigenvalue weighted by atomic mass is 35.5. The van der Waals surface area contributed by atoms with Crippen molar-refractivity contribution in [2.75, 3.05) is 31.1 Å². The Morgan fingerprint density at radius 3 is 2.17 bits per heavy atom. The van der Waals surface area contributed by atoms with E-state index in [-0.39, 0.29) is 5.91 Å². The van der Waals surface area contributed by atoms with E-state index in [1.807, 2.05) is 0 Å². The van der Waals surface area contributed by atoms with E-state index in [1.54, 1.807) is 35.2 Å². The molecule has 0 spiro atoms. The largest absolute Gasteiger partial charge is 0.366 e. The lowest BCUT2D eigenvalue weighted by molar-refractivity contribution is 0.0746. The van der Waals surface area contributed by atoms with Crippen molar-refractivity contribution in [3.8, 4) is 0 Å². The fourth-order valence-corrected chi connectivity index (χ4v) is 3.36. The van der Waals surface area contributed by atoms with Crippen molar-refractivity contribution < 1.29 is 9.18 Å². The number of hydrogen-bond donors (Lipinski definition) is 0. The van der Waals surface area contributed by atoms with Gasteiger partial charge in [-0.1, -0.05) is 35.3 Å². The van der Waals surface area contributed by atoms with Gasteiger partial charge in [0.05, 0.1) is 15.7 Å². The summed E-state index contributed by atoms with van der Waals surface area (Å²) in [7, 11) is 0. The van der Waals surface area contributed by atoms with E-state index in [9.17, 15) is 9.18 Å². The van der Waals surface area contributed by atoms with Gasteiger partial charge in [-0.25, -0.2) is 4.39 Å². The van der Waals surface area contributed by atoms with Crippen molar-refractivity contribution in [1.29, 1.82) is 0 Å². The maximum absolute atomic E-state index is 13.3. The molecule has 1 aliphatic heterocycles. The van der Waals surface area contributed by atoms with Crippen molar-refractivity contribution in [2.45, 2.75) is 0 Å². The second-order valence-electron chi connectivity index (χ2n) is 5.36. The molecule has 0 N–H and O–H groups in total. The summed E-state index contributed by atoms with van der Waals surface area (Å²) in [5, 5.41) is 1.20. The van der Waals surface area contributed by atoms with Gasteiger partial charge in [0.1, 0.15) is 5.82 Å². The minimum absolute atomic E-state index is 0.158. The molecule has 0 radical (unpaired) electrons. The van der Waals surface area contributed by atoms with Crippen LogP contribution in [0.4, 0.5) is 10.1 Å². The topological polar surface area (TPSA) is 23.6 Å². The van der Waals surface area contributed by atoms with E-state index < -0.39 is 5.82 Å². The first kappa shape index (κ1) is 16.1. The lowest BCUT2D eigenvalue weighted by Crippen LogP contribution is -2.49. The fraction of sp³-hybridized carbons (Fsp3) is 0.235. The van der Waals surface area contributed by atoms with E-state index in [0.717, 1.165) is 5.69 Å². The predicted molar refractivity (Wildman–Crippen MR) is 91.0 cm³/mol. The average molecular weight is 353 g/mol. The molecule has 1 heterocycles. The third-order valence-electron chi connectivity index (χ3n) is 3.89. The number of nitrogens with zero attached hydrogens (tertiary/aromatic N) is 2. The monoisotopic (exact) mass is 352 g/mol. The molecule has 0 atom stereocenters. The zero-order valence-electron chi connectivity index (χ0n) is 12.3. The minimum atomic E-state index is -0.405. The number of para-hydroxylation sites is 1. The van der Waals surface area contributed by atoms with Crippen LogP contribution in [0, 0.1) is 5.82 Å². The molecule has 1 amide bonds. The van der Waals surface area contributed by atoms with Crippen LogP contribution in [0.3, 0.4) is 0 Å². The van der Waals surface area contributed by atoms with Crippen LogP contribution in [-0.2, 0) is 0 Å². The van der Waals surface area contributed by atoms with Gasteiger partial charge in [-0.05, 0) is 30.3 Å². The molecule has 0 aromatic heterocycles. The Kier molecular flexibility index (Phi) is 4.74. The van der Waals surface area contributed by atoms with E-state index in [0.29, 0.717) is 41.8 Å². The number of hydrogen-bond acceptors (Lipinski definition) is 2. The van der Waals surface area contributed by atoms with E-state index in [4.69, 9.17) is 23.2 Å². The summed E-state index contributed by atoms with van der Waals surface area (Å²) in [6.07, 6.45) is 0. The van der Waals surface area contributed by atoms with Gasteiger partial charge in [-0.2, -0.15) is 0 Å². The third-order valence-corrected chi connectivity index (χ3v) is 4.50. The lowest BCUT2D eigenvalue weighted by Gasteiger charge is -2.36. The lowest BCUT2D eigenvalue weighted by atomic mass is 10.1. The zero-order valence-corrected chi connectivity index (χ0v) is 13.8. The van der Waals surface area contributed by atoms with Crippen molar-refractivity contribution in [3.05, 3.63) is 63.9 Å². The minimum Gasteiger partial charge on any atom is -0.366 e. The molecule has 120 valence electrons. The quantitative estimate of drug-likeness (QED) is 0.812. The summed E-state index contributed by atoms with van der Waals surface area (Å²) < 4.78 is 13.3. The average Bonchev–Trinajstić information content (AvgIpc) is 2.55. The Hall–Kier alpha value is -1.78. The molecule has 1 saturated heterocycles. The molecule has 3 nitrogen and oxygen atoms in total. The van der Waals surface area contributed by atoms with Crippen LogP contribution in [0.5, 0.6) is 0 Å². The first-order valence-corrected chi connectivity index (χ1v) is 8.05. The van der Waals surface area contributed by atoms with Gasteiger partial charge in [0, 0.05) is 31.7 Å². The standard InChI is InChI=1S/C17H15Cl2FN2O/c18-14-5-2-6-15(19)16(14)21-7-9-22(10-8-21)17(23)12-3-1-4-13(20)11-12/h1-6,11H,7-10H2. The number of carbonyl (C=O) groups excluding carboxylic acids is 1. The van der Waals surface area contributed by atoms with Crippen LogP contribution in [0.25, 0.3) is 0 Å². The highest BCUT2D eigenvalue weighted by Crippen LogP contribution is 2.34. The van der Waals surface area contributed by atoms with E-state index >= 15 is 0 Å². The van der Waals surface area contributed by atoms with Gasteiger partial charge in [0.25, 0.3) is 5.91 Å². The number of piperazine rings is 1. The van der Waals surface area contributed by atoms with Crippen molar-refractivity contribution in [1.82, 2.24) is 4.90 Å². The van der Waals surface area contributed by atoms with Gasteiger partial charge >= 0.3 is 0 Å². The Bertz CT molecular complexity index is 710. The Morgan fingerprint density at radius 1 is 0.957 bits per heavy atom. The first-order chi connectivity index (χ1) is 11.1. The Morgan fingerprint density at radius 2 is 1.57 bits per heavy atom. The molecular weight excluding hydrogens is 338 g/mol. The SMILES string of the molecule is O=C(c1cccc(F)c1)N1CCN(c2c(Cl)cccc2Cl)CC1.